The minimum atomic E-state index is -1.85. The first-order chi connectivity index (χ1) is 26.4. The molecule has 1 unspecified atom stereocenters. The maximum atomic E-state index is 14.3. The van der Waals surface area contributed by atoms with E-state index in [4.69, 9.17) is 39.6 Å². The molecule has 3 saturated heterocycles. The van der Waals surface area contributed by atoms with Crippen LogP contribution in [0, 0.1) is 30.1 Å². The highest BCUT2D eigenvalue weighted by Crippen LogP contribution is 2.40. The number of likely N-dealkylation sites (N-methyl/N-ethyl adjacent to an activating group) is 1. The summed E-state index contributed by atoms with van der Waals surface area (Å²) < 4.78 is 42.5. The van der Waals surface area contributed by atoms with Gasteiger partial charge in [-0.2, -0.15) is 0 Å². The molecule has 3 aliphatic heterocycles. The van der Waals surface area contributed by atoms with Crippen molar-refractivity contribution in [2.24, 2.45) is 17.8 Å². The number of hydrogen-bond acceptors (Lipinski definition) is 15. The van der Waals surface area contributed by atoms with E-state index in [0.29, 0.717) is 6.54 Å². The Kier molecular flexibility index (Phi) is 17.6. The summed E-state index contributed by atoms with van der Waals surface area (Å²) in [5, 5.41) is 61.1. The van der Waals surface area contributed by atoms with Gasteiger partial charge in [-0.05, 0) is 80.7 Å². The number of rotatable bonds is 9. The van der Waals surface area contributed by atoms with E-state index in [1.807, 2.05) is 11.8 Å². The zero-order chi connectivity index (χ0) is 43.2. The number of esters is 1. The van der Waals surface area contributed by atoms with E-state index in [1.54, 1.807) is 62.4 Å². The molecule has 0 radical (unpaired) electrons. The number of amides is 1. The SMILES string of the molecule is C#CCCOC(=O)N[C@H]1C[C@@H](C)OC(O[C@@H]2[C@@H](C)[C@H](O[C@H]3C[C@@](C)(OC)[C@@H](O)[C@H](C)O3)[C@@H](C)C(=O)O[C@H](CC)[C@@](C)(O)[C@H](O)[C@@H](C)N(C)C[C@H](C)C[C@@]2(C)O)[C@@H]1O. The van der Waals surface area contributed by atoms with Crippen molar-refractivity contribution < 1.29 is 68.3 Å². The number of carbonyl (C=O) groups is 2. The smallest absolute Gasteiger partial charge is 0.407 e. The lowest BCUT2D eigenvalue weighted by Crippen LogP contribution is -2.61. The number of nitrogens with one attached hydrogen (secondary N) is 1. The number of cyclic esters (lactones) is 1. The van der Waals surface area contributed by atoms with Crippen molar-refractivity contribution in [3.63, 3.8) is 0 Å². The molecule has 0 aromatic carbocycles. The predicted molar refractivity (Wildman–Crippen MR) is 208 cm³/mol. The van der Waals surface area contributed by atoms with Gasteiger partial charge in [-0.1, -0.05) is 20.8 Å². The van der Waals surface area contributed by atoms with Gasteiger partial charge in [0.05, 0.1) is 47.6 Å². The van der Waals surface area contributed by atoms with Crippen molar-refractivity contribution in [1.29, 1.82) is 0 Å². The van der Waals surface area contributed by atoms with E-state index in [0.717, 1.165) is 0 Å². The van der Waals surface area contributed by atoms with Gasteiger partial charge in [0.15, 0.2) is 12.6 Å². The fraction of sp³-hybridized carbons (Fsp3) is 0.902. The topological polar surface area (TPSA) is 215 Å². The molecule has 0 spiro atoms. The van der Waals surface area contributed by atoms with Crippen LogP contribution in [0.4, 0.5) is 4.79 Å². The summed E-state index contributed by atoms with van der Waals surface area (Å²) in [6.45, 7) is 17.4. The average Bonchev–Trinajstić information content (AvgIpc) is 3.13. The van der Waals surface area contributed by atoms with Crippen LogP contribution >= 0.6 is 0 Å². The van der Waals surface area contributed by atoms with Gasteiger partial charge in [0.2, 0.25) is 0 Å². The van der Waals surface area contributed by atoms with Gasteiger partial charge in [-0.15, -0.1) is 12.3 Å². The van der Waals surface area contributed by atoms with Gasteiger partial charge >= 0.3 is 12.1 Å². The van der Waals surface area contributed by atoms with E-state index in [1.165, 1.54) is 14.0 Å². The lowest BCUT2D eigenvalue weighted by Gasteiger charge is -2.48. The predicted octanol–water partition coefficient (Wildman–Crippen LogP) is 2.09. The Morgan fingerprint density at radius 3 is 2.26 bits per heavy atom. The molecule has 0 saturated carbocycles. The standard InChI is InChI=1S/C41H72N2O14/c1-14-16-17-52-38(48)42-28-18-23(4)53-37(31(28)44)57-35-24(5)32(56-30-20-40(10,51-13)34(46)27(8)54-30)25(6)36(47)55-29(15-2)41(11,50)33(45)26(7)43(12)21-22(3)19-39(35,9)49/h1,22-35,37,44-46,49-50H,15-21H2,2-13H3,(H,42,48)/t22-,23-,24+,25-,26-,27+,28+,29-,30+,31-,32+,33-,34+,35-,37?,39-,40-,41-/m1/s1. The molecule has 0 aromatic rings. The van der Waals surface area contributed by atoms with Crippen LogP contribution in [0.1, 0.15) is 101 Å². The second-order valence-corrected chi connectivity index (χ2v) is 17.5. The van der Waals surface area contributed by atoms with E-state index in [2.05, 4.69) is 11.2 Å². The van der Waals surface area contributed by atoms with Crippen molar-refractivity contribution >= 4 is 12.1 Å². The lowest BCUT2D eigenvalue weighted by molar-refractivity contribution is -0.315. The zero-order valence-corrected chi connectivity index (χ0v) is 36.0. The average molecular weight is 817 g/mol. The van der Waals surface area contributed by atoms with E-state index >= 15 is 0 Å². The Bertz CT molecular complexity index is 1340. The molecule has 3 fully saturated rings. The van der Waals surface area contributed by atoms with E-state index in [-0.39, 0.29) is 44.6 Å². The normalized spacial score (nSPS) is 45.8. The van der Waals surface area contributed by atoms with Crippen LogP contribution in [0.25, 0.3) is 0 Å². The first-order valence-corrected chi connectivity index (χ1v) is 20.4. The number of methoxy groups -OCH3 is 1. The van der Waals surface area contributed by atoms with Crippen molar-refractivity contribution in [2.45, 2.75) is 192 Å². The van der Waals surface area contributed by atoms with Gasteiger partial charge in [-0.3, -0.25) is 4.79 Å². The van der Waals surface area contributed by atoms with Crippen molar-refractivity contribution in [2.75, 3.05) is 27.3 Å². The summed E-state index contributed by atoms with van der Waals surface area (Å²) in [5.74, 6) is -0.526. The molecular weight excluding hydrogens is 744 g/mol. The fourth-order valence-corrected chi connectivity index (χ4v) is 8.79. The minimum Gasteiger partial charge on any atom is -0.459 e. The highest BCUT2D eigenvalue weighted by molar-refractivity contribution is 5.73. The monoisotopic (exact) mass is 816 g/mol. The van der Waals surface area contributed by atoms with Crippen molar-refractivity contribution in [3.05, 3.63) is 0 Å². The molecule has 0 aliphatic carbocycles. The van der Waals surface area contributed by atoms with E-state index in [9.17, 15) is 35.1 Å². The lowest BCUT2D eigenvalue weighted by atomic mass is 9.77. The van der Waals surface area contributed by atoms with Crippen molar-refractivity contribution in [3.8, 4) is 12.3 Å². The van der Waals surface area contributed by atoms with Crippen LogP contribution < -0.4 is 5.32 Å². The van der Waals surface area contributed by atoms with Gasteiger partial charge in [0, 0.05) is 38.5 Å². The summed E-state index contributed by atoms with van der Waals surface area (Å²) in [6, 6.07) is -1.44. The third-order valence-electron chi connectivity index (χ3n) is 12.4. The Hall–Kier alpha value is -2.14. The van der Waals surface area contributed by atoms with Gasteiger partial charge in [-0.25, -0.2) is 4.79 Å². The summed E-state index contributed by atoms with van der Waals surface area (Å²) in [5.41, 5.74) is -4.59. The molecule has 0 aromatic heterocycles. The van der Waals surface area contributed by atoms with Crippen LogP contribution in [0.2, 0.25) is 0 Å². The third kappa shape index (κ3) is 12.0. The Balaban J connectivity index is 2.14. The molecule has 3 rings (SSSR count). The van der Waals surface area contributed by atoms with E-state index < -0.39 is 114 Å². The third-order valence-corrected chi connectivity index (χ3v) is 12.4. The molecule has 1 amide bonds. The summed E-state index contributed by atoms with van der Waals surface area (Å²) >= 11 is 0. The minimum absolute atomic E-state index is 0.00473. The fourth-order valence-electron chi connectivity index (χ4n) is 8.79. The molecule has 18 atom stereocenters. The Morgan fingerprint density at radius 2 is 1.67 bits per heavy atom. The van der Waals surface area contributed by atoms with Crippen LogP contribution in [0.5, 0.6) is 0 Å². The molecule has 6 N–H and O–H groups in total. The highest BCUT2D eigenvalue weighted by Gasteiger charge is 2.52. The molecule has 16 nitrogen and oxygen atoms in total. The molecular formula is C41H72N2O14. The first-order valence-electron chi connectivity index (χ1n) is 20.4. The number of alkyl carbamates (subject to hydrolysis) is 1. The molecule has 0 bridgehead atoms. The van der Waals surface area contributed by atoms with Crippen LogP contribution in [-0.4, -0.2) is 160 Å². The second-order valence-electron chi connectivity index (χ2n) is 17.5. The highest BCUT2D eigenvalue weighted by atomic mass is 16.7. The number of ether oxygens (including phenoxy) is 7. The quantitative estimate of drug-likeness (QED) is 0.112. The first kappa shape index (κ1) is 49.2. The van der Waals surface area contributed by atoms with Crippen molar-refractivity contribution in [1.82, 2.24) is 10.2 Å². The second kappa shape index (κ2) is 20.4. The van der Waals surface area contributed by atoms with Gasteiger partial charge in [0.1, 0.15) is 36.6 Å². The number of aliphatic hydroxyl groups excluding tert-OH is 3. The van der Waals surface area contributed by atoms with Crippen LogP contribution in [0.15, 0.2) is 0 Å². The maximum absolute atomic E-state index is 14.3. The molecule has 3 aliphatic rings. The number of hydrogen-bond donors (Lipinski definition) is 6. The summed E-state index contributed by atoms with van der Waals surface area (Å²) in [6.07, 6.45) is -5.38. The Labute approximate surface area is 339 Å². The largest absolute Gasteiger partial charge is 0.459 e. The molecule has 57 heavy (non-hydrogen) atoms. The number of terminal acetylenes is 1. The number of carbonyl (C=O) groups excluding carboxylic acids is 2. The van der Waals surface area contributed by atoms with Gasteiger partial charge < -0.3 is 68.9 Å². The van der Waals surface area contributed by atoms with Crippen LogP contribution in [-0.2, 0) is 38.0 Å². The maximum Gasteiger partial charge on any atom is 0.407 e. The number of nitrogens with zero attached hydrogens (tertiary/aromatic N) is 1. The summed E-state index contributed by atoms with van der Waals surface area (Å²) in [4.78, 5) is 28.8. The molecule has 330 valence electrons. The van der Waals surface area contributed by atoms with Gasteiger partial charge in [0.25, 0.3) is 0 Å². The Morgan fingerprint density at radius 1 is 1.02 bits per heavy atom. The zero-order valence-electron chi connectivity index (χ0n) is 36.0. The molecule has 3 heterocycles. The molecule has 16 heteroatoms. The summed E-state index contributed by atoms with van der Waals surface area (Å²) in [7, 11) is 3.28. The number of aliphatic hydroxyl groups is 5. The van der Waals surface area contributed by atoms with Crippen LogP contribution in [0.3, 0.4) is 0 Å².